The molecule has 0 saturated carbocycles. The van der Waals surface area contributed by atoms with Crippen LogP contribution < -0.4 is 10.2 Å². The first-order valence-electron chi connectivity index (χ1n) is 9.14. The molecular formula is C18H36N6. The second-order valence-corrected chi connectivity index (χ2v) is 7.69. The zero-order valence-corrected chi connectivity index (χ0v) is 16.6. The Kier molecular flexibility index (Phi) is 6.66. The number of piperazine rings is 1. The van der Waals surface area contributed by atoms with E-state index in [4.69, 9.17) is 0 Å². The minimum Gasteiger partial charge on any atom is -0.363 e. The number of aryl methyl sites for hydroxylation is 2. The van der Waals surface area contributed by atoms with Crippen molar-refractivity contribution in [2.75, 3.05) is 58.8 Å². The number of hydrogen-bond acceptors (Lipinski definition) is 5. The normalized spacial score (nSPS) is 18.3. The maximum atomic E-state index is 4.58. The van der Waals surface area contributed by atoms with Crippen LogP contribution in [0.1, 0.15) is 25.1 Å². The molecule has 0 unspecified atom stereocenters. The molecule has 1 aromatic heterocycles. The van der Waals surface area contributed by atoms with Gasteiger partial charge in [0.1, 0.15) is 5.82 Å². The van der Waals surface area contributed by atoms with Gasteiger partial charge in [-0.1, -0.05) is 13.8 Å². The van der Waals surface area contributed by atoms with Crippen molar-refractivity contribution in [3.8, 4) is 0 Å². The van der Waals surface area contributed by atoms with E-state index >= 15 is 0 Å². The number of aromatic nitrogens is 2. The minimum atomic E-state index is 0.596. The van der Waals surface area contributed by atoms with Crippen LogP contribution in [0.3, 0.4) is 0 Å². The molecule has 1 N–H and O–H groups in total. The lowest BCUT2D eigenvalue weighted by molar-refractivity contribution is 0.0875. The highest BCUT2D eigenvalue weighted by Crippen LogP contribution is 2.21. The van der Waals surface area contributed by atoms with Crippen molar-refractivity contribution in [2.45, 2.75) is 33.4 Å². The van der Waals surface area contributed by atoms with E-state index in [-0.39, 0.29) is 0 Å². The van der Waals surface area contributed by atoms with E-state index in [9.17, 15) is 0 Å². The average Bonchev–Trinajstić information content (AvgIpc) is 2.78. The Bertz CT molecular complexity index is 514. The molecule has 0 amide bonds. The first-order chi connectivity index (χ1) is 11.3. The topological polar surface area (TPSA) is 39.6 Å². The van der Waals surface area contributed by atoms with Crippen LogP contribution in [-0.2, 0) is 13.6 Å². The highest BCUT2D eigenvalue weighted by Gasteiger charge is 2.25. The van der Waals surface area contributed by atoms with Crippen molar-refractivity contribution >= 4 is 5.82 Å². The molecule has 1 saturated heterocycles. The molecule has 0 aromatic carbocycles. The van der Waals surface area contributed by atoms with Crippen LogP contribution in [-0.4, -0.2) is 79.5 Å². The summed E-state index contributed by atoms with van der Waals surface area (Å²) in [6, 6.07) is 0.596. The van der Waals surface area contributed by atoms with Crippen LogP contribution in [0, 0.1) is 12.8 Å². The van der Waals surface area contributed by atoms with E-state index in [0.717, 1.165) is 18.8 Å². The molecule has 138 valence electrons. The van der Waals surface area contributed by atoms with Crippen LogP contribution in [0.25, 0.3) is 0 Å². The van der Waals surface area contributed by atoms with Crippen LogP contribution in [0.2, 0.25) is 0 Å². The van der Waals surface area contributed by atoms with E-state index < -0.39 is 0 Å². The predicted molar refractivity (Wildman–Crippen MR) is 102 cm³/mol. The zero-order chi connectivity index (χ0) is 17.9. The zero-order valence-electron chi connectivity index (χ0n) is 16.6. The Morgan fingerprint density at radius 1 is 1.12 bits per heavy atom. The van der Waals surface area contributed by atoms with Gasteiger partial charge in [0.2, 0.25) is 0 Å². The lowest BCUT2D eigenvalue weighted by atomic mass is 10.0. The monoisotopic (exact) mass is 336 g/mol. The number of anilines is 1. The van der Waals surface area contributed by atoms with Gasteiger partial charge in [-0.2, -0.15) is 5.10 Å². The second-order valence-electron chi connectivity index (χ2n) is 7.69. The summed E-state index contributed by atoms with van der Waals surface area (Å²) in [7, 11) is 8.41. The van der Waals surface area contributed by atoms with E-state index in [2.05, 4.69) is 67.0 Å². The molecule has 1 fully saturated rings. The molecule has 6 nitrogen and oxygen atoms in total. The number of nitrogens with one attached hydrogen (secondary N) is 1. The van der Waals surface area contributed by atoms with Crippen molar-refractivity contribution in [3.05, 3.63) is 11.3 Å². The Hall–Kier alpha value is -1.11. The molecule has 0 aliphatic carbocycles. The first-order valence-corrected chi connectivity index (χ1v) is 9.14. The van der Waals surface area contributed by atoms with E-state index in [1.54, 1.807) is 0 Å². The lowest BCUT2D eigenvalue weighted by Crippen LogP contribution is -2.53. The maximum absolute atomic E-state index is 4.58. The summed E-state index contributed by atoms with van der Waals surface area (Å²) in [6.07, 6.45) is 0. The lowest BCUT2D eigenvalue weighted by Gasteiger charge is -2.40. The summed E-state index contributed by atoms with van der Waals surface area (Å²) in [4.78, 5) is 7.22. The van der Waals surface area contributed by atoms with Gasteiger partial charge >= 0.3 is 0 Å². The van der Waals surface area contributed by atoms with Crippen LogP contribution >= 0.6 is 0 Å². The summed E-state index contributed by atoms with van der Waals surface area (Å²) in [6.45, 7) is 13.4. The van der Waals surface area contributed by atoms with E-state index in [1.807, 2.05) is 11.7 Å². The van der Waals surface area contributed by atoms with Crippen LogP contribution in [0.15, 0.2) is 0 Å². The van der Waals surface area contributed by atoms with E-state index in [1.165, 1.54) is 37.6 Å². The minimum absolute atomic E-state index is 0.596. The summed E-state index contributed by atoms with van der Waals surface area (Å²) in [5, 5.41) is 8.29. The molecule has 2 heterocycles. The molecule has 0 radical (unpaired) electrons. The Morgan fingerprint density at radius 3 is 2.29 bits per heavy atom. The number of hydrogen-bond donors (Lipinski definition) is 1. The van der Waals surface area contributed by atoms with Gasteiger partial charge in [0.15, 0.2) is 0 Å². The molecule has 0 spiro atoms. The van der Waals surface area contributed by atoms with Gasteiger partial charge in [0, 0.05) is 72.0 Å². The molecule has 1 aromatic rings. The van der Waals surface area contributed by atoms with Crippen molar-refractivity contribution in [1.29, 1.82) is 0 Å². The van der Waals surface area contributed by atoms with Crippen LogP contribution in [0.5, 0.6) is 0 Å². The van der Waals surface area contributed by atoms with Gasteiger partial charge < -0.3 is 15.1 Å². The molecule has 2 rings (SSSR count). The molecule has 1 atom stereocenters. The molecule has 0 bridgehead atoms. The third kappa shape index (κ3) is 4.49. The average molecular weight is 337 g/mol. The number of likely N-dealkylation sites (N-methyl/N-ethyl adjacent to an activating group) is 1. The van der Waals surface area contributed by atoms with Gasteiger partial charge in [-0.05, 0) is 19.9 Å². The van der Waals surface area contributed by atoms with Crippen molar-refractivity contribution in [3.63, 3.8) is 0 Å². The fraction of sp³-hybridized carbons (Fsp3) is 0.833. The van der Waals surface area contributed by atoms with Crippen LogP contribution in [0.4, 0.5) is 5.82 Å². The van der Waals surface area contributed by atoms with Gasteiger partial charge in [-0.15, -0.1) is 0 Å². The summed E-state index contributed by atoms with van der Waals surface area (Å²) < 4.78 is 1.98. The molecular weight excluding hydrogens is 300 g/mol. The molecule has 6 heteroatoms. The maximum Gasteiger partial charge on any atom is 0.130 e. The Balaban J connectivity index is 1.96. The van der Waals surface area contributed by atoms with Gasteiger partial charge in [0.05, 0.1) is 5.69 Å². The fourth-order valence-electron chi connectivity index (χ4n) is 3.74. The number of rotatable bonds is 7. The summed E-state index contributed by atoms with van der Waals surface area (Å²) in [5.41, 5.74) is 2.43. The highest BCUT2D eigenvalue weighted by molar-refractivity contribution is 5.48. The van der Waals surface area contributed by atoms with Crippen molar-refractivity contribution < 1.29 is 0 Å². The molecule has 24 heavy (non-hydrogen) atoms. The smallest absolute Gasteiger partial charge is 0.130 e. The second kappa shape index (κ2) is 8.32. The third-order valence-corrected chi connectivity index (χ3v) is 5.17. The predicted octanol–water partition coefficient (Wildman–Crippen LogP) is 1.16. The standard InChI is InChI=1S/C18H36N6/c1-14(2)17(24-10-8-22(6)9-11-24)13-19-12-16-15(3)20-23(7)18(16)21(4)5/h14,17,19H,8-13H2,1-7H3/t17-/m1/s1. The molecule has 1 aliphatic heterocycles. The van der Waals surface area contributed by atoms with E-state index in [0.29, 0.717) is 12.0 Å². The van der Waals surface area contributed by atoms with Gasteiger partial charge in [-0.3, -0.25) is 9.58 Å². The summed E-state index contributed by atoms with van der Waals surface area (Å²) >= 11 is 0. The quantitative estimate of drug-likeness (QED) is 0.809. The van der Waals surface area contributed by atoms with Crippen molar-refractivity contribution in [2.24, 2.45) is 13.0 Å². The number of nitrogens with zero attached hydrogens (tertiary/aromatic N) is 5. The fourth-order valence-corrected chi connectivity index (χ4v) is 3.74. The third-order valence-electron chi connectivity index (χ3n) is 5.17. The molecule has 1 aliphatic rings. The van der Waals surface area contributed by atoms with Crippen molar-refractivity contribution in [1.82, 2.24) is 24.9 Å². The largest absolute Gasteiger partial charge is 0.363 e. The summed E-state index contributed by atoms with van der Waals surface area (Å²) in [5.74, 6) is 1.85. The van der Waals surface area contributed by atoms with Gasteiger partial charge in [0.25, 0.3) is 0 Å². The first kappa shape index (κ1) is 19.2. The van der Waals surface area contributed by atoms with Gasteiger partial charge in [-0.25, -0.2) is 0 Å². The SMILES string of the molecule is Cc1nn(C)c(N(C)C)c1CNC[C@H](C(C)C)N1CCN(C)CC1. The Labute approximate surface area is 147 Å². The highest BCUT2D eigenvalue weighted by atomic mass is 15.4. The Morgan fingerprint density at radius 2 is 1.75 bits per heavy atom.